The molecule has 2 aromatic rings. The number of carbonyl (C=O) groups is 1. The van der Waals surface area contributed by atoms with Crippen molar-refractivity contribution >= 4 is 29.3 Å². The molecule has 0 amide bonds. The summed E-state index contributed by atoms with van der Waals surface area (Å²) in [6.45, 7) is 1.77. The normalized spacial score (nSPS) is 10.5. The highest BCUT2D eigenvalue weighted by Crippen LogP contribution is 2.25. The van der Waals surface area contributed by atoms with E-state index in [0.29, 0.717) is 16.0 Å². The number of nitrogens with one attached hydrogen (secondary N) is 1. The van der Waals surface area contributed by atoms with Crippen LogP contribution in [0.25, 0.3) is 0 Å². The molecule has 0 saturated carbocycles. The summed E-state index contributed by atoms with van der Waals surface area (Å²) in [7, 11) is 0. The van der Waals surface area contributed by atoms with Crippen LogP contribution in [-0.2, 0) is 0 Å². The fourth-order valence-electron chi connectivity index (χ4n) is 1.11. The third-order valence-electron chi connectivity index (χ3n) is 1.79. The van der Waals surface area contributed by atoms with Crippen LogP contribution in [0.1, 0.15) is 16.2 Å². The minimum absolute atomic E-state index is 0.0831. The van der Waals surface area contributed by atoms with Crippen LogP contribution in [-0.4, -0.2) is 31.2 Å². The van der Waals surface area contributed by atoms with Gasteiger partial charge in [0, 0.05) is 0 Å². The molecule has 0 fully saturated rings. The molecule has 0 radical (unpaired) electrons. The van der Waals surface area contributed by atoms with E-state index in [1.54, 1.807) is 6.92 Å². The highest BCUT2D eigenvalue weighted by molar-refractivity contribution is 7.99. The summed E-state index contributed by atoms with van der Waals surface area (Å²) >= 11 is 6.87. The number of aromatic nitrogens is 4. The van der Waals surface area contributed by atoms with Crippen LogP contribution in [0.4, 0.5) is 0 Å². The summed E-state index contributed by atoms with van der Waals surface area (Å²) in [6.07, 6.45) is 0. The number of pyridine rings is 1. The van der Waals surface area contributed by atoms with Crippen LogP contribution in [0.3, 0.4) is 0 Å². The van der Waals surface area contributed by atoms with E-state index in [9.17, 15) is 4.79 Å². The van der Waals surface area contributed by atoms with Crippen molar-refractivity contribution in [1.29, 1.82) is 0 Å². The van der Waals surface area contributed by atoms with Crippen molar-refractivity contribution in [2.24, 2.45) is 0 Å². The first-order valence-corrected chi connectivity index (χ1v) is 5.72. The summed E-state index contributed by atoms with van der Waals surface area (Å²) in [5.74, 6) is -0.379. The number of hydrogen-bond acceptors (Lipinski definition) is 5. The van der Waals surface area contributed by atoms with Gasteiger partial charge in [-0.25, -0.2) is 14.8 Å². The van der Waals surface area contributed by atoms with Gasteiger partial charge >= 0.3 is 5.97 Å². The summed E-state index contributed by atoms with van der Waals surface area (Å²) in [5.41, 5.74) is 0.0831. The molecule has 2 rings (SSSR count). The Morgan fingerprint density at radius 3 is 2.82 bits per heavy atom. The maximum absolute atomic E-state index is 10.8. The molecule has 6 nitrogen and oxygen atoms in total. The molecule has 17 heavy (non-hydrogen) atoms. The van der Waals surface area contributed by atoms with Gasteiger partial charge in [-0.2, -0.15) is 0 Å². The average Bonchev–Trinajstić information content (AvgIpc) is 2.63. The summed E-state index contributed by atoms with van der Waals surface area (Å²) in [5, 5.41) is 16.5. The predicted octanol–water partition coefficient (Wildman–Crippen LogP) is 2.01. The van der Waals surface area contributed by atoms with E-state index in [4.69, 9.17) is 16.7 Å². The number of hydrogen-bond donors (Lipinski definition) is 2. The molecule has 0 saturated heterocycles. The standard InChI is InChI=1S/C9H7ClN4O2S/c1-4-11-9(14-13-4)17-7-3-5(8(15)16)2-6(10)12-7/h2-3H,1H3,(H,15,16)(H,11,13,14). The summed E-state index contributed by atoms with van der Waals surface area (Å²) in [4.78, 5) is 18.9. The molecule has 0 aromatic carbocycles. The van der Waals surface area contributed by atoms with Crippen LogP contribution in [0.15, 0.2) is 22.3 Å². The lowest BCUT2D eigenvalue weighted by atomic mass is 10.3. The molecular formula is C9H7ClN4O2S. The number of H-pyrrole nitrogens is 1. The summed E-state index contributed by atoms with van der Waals surface area (Å²) < 4.78 is 0. The molecule has 0 bridgehead atoms. The van der Waals surface area contributed by atoms with Crippen LogP contribution >= 0.6 is 23.4 Å². The Balaban J connectivity index is 2.29. The number of aromatic carboxylic acids is 1. The number of carboxylic acid groups (broad SMARTS) is 1. The monoisotopic (exact) mass is 270 g/mol. The number of aryl methyl sites for hydroxylation is 1. The predicted molar refractivity (Wildman–Crippen MR) is 61.4 cm³/mol. The maximum atomic E-state index is 10.8. The van der Waals surface area contributed by atoms with E-state index in [0.717, 1.165) is 11.8 Å². The molecule has 0 aliphatic rings. The molecule has 0 spiro atoms. The molecule has 0 aliphatic heterocycles. The Kier molecular flexibility index (Phi) is 3.30. The second-order valence-electron chi connectivity index (χ2n) is 3.13. The Morgan fingerprint density at radius 2 is 2.24 bits per heavy atom. The van der Waals surface area contributed by atoms with Crippen LogP contribution < -0.4 is 0 Å². The van der Waals surface area contributed by atoms with Gasteiger partial charge < -0.3 is 5.11 Å². The molecule has 0 aliphatic carbocycles. The van der Waals surface area contributed by atoms with Crippen molar-refractivity contribution in [3.8, 4) is 0 Å². The molecule has 2 aromatic heterocycles. The second-order valence-corrected chi connectivity index (χ2v) is 4.50. The molecule has 2 heterocycles. The number of halogens is 1. The van der Waals surface area contributed by atoms with Gasteiger partial charge in [-0.05, 0) is 30.8 Å². The highest BCUT2D eigenvalue weighted by Gasteiger charge is 2.10. The van der Waals surface area contributed by atoms with Gasteiger partial charge in [-0.15, -0.1) is 5.10 Å². The second kappa shape index (κ2) is 4.72. The number of nitrogens with zero attached hydrogens (tertiary/aromatic N) is 3. The molecule has 0 unspecified atom stereocenters. The van der Waals surface area contributed by atoms with Gasteiger partial charge in [0.05, 0.1) is 5.56 Å². The molecular weight excluding hydrogens is 264 g/mol. The quantitative estimate of drug-likeness (QED) is 0.829. The third kappa shape index (κ3) is 2.95. The average molecular weight is 271 g/mol. The zero-order valence-electron chi connectivity index (χ0n) is 8.64. The largest absolute Gasteiger partial charge is 0.478 e. The van der Waals surface area contributed by atoms with E-state index in [-0.39, 0.29) is 10.7 Å². The van der Waals surface area contributed by atoms with Crippen molar-refractivity contribution in [1.82, 2.24) is 20.2 Å². The molecule has 8 heteroatoms. The zero-order valence-corrected chi connectivity index (χ0v) is 10.2. The van der Waals surface area contributed by atoms with Crippen LogP contribution in [0, 0.1) is 6.92 Å². The fourth-order valence-corrected chi connectivity index (χ4v) is 2.16. The number of rotatable bonds is 3. The molecule has 2 N–H and O–H groups in total. The minimum Gasteiger partial charge on any atom is -0.478 e. The molecule has 0 atom stereocenters. The topological polar surface area (TPSA) is 91.8 Å². The van der Waals surface area contributed by atoms with Crippen molar-refractivity contribution in [3.05, 3.63) is 28.7 Å². The lowest BCUT2D eigenvalue weighted by molar-refractivity contribution is 0.0696. The minimum atomic E-state index is -1.05. The highest BCUT2D eigenvalue weighted by atomic mass is 35.5. The Bertz CT molecular complexity index is 572. The van der Waals surface area contributed by atoms with Gasteiger partial charge in [0.25, 0.3) is 0 Å². The van der Waals surface area contributed by atoms with Crippen molar-refractivity contribution in [2.75, 3.05) is 0 Å². The zero-order chi connectivity index (χ0) is 12.4. The Morgan fingerprint density at radius 1 is 1.47 bits per heavy atom. The summed E-state index contributed by atoms with van der Waals surface area (Å²) in [6, 6.07) is 2.71. The Labute approximate surface area is 105 Å². The van der Waals surface area contributed by atoms with E-state index < -0.39 is 5.97 Å². The van der Waals surface area contributed by atoms with E-state index in [1.165, 1.54) is 12.1 Å². The van der Waals surface area contributed by atoms with E-state index in [2.05, 4.69) is 20.2 Å². The smallest absolute Gasteiger partial charge is 0.335 e. The van der Waals surface area contributed by atoms with E-state index >= 15 is 0 Å². The van der Waals surface area contributed by atoms with Crippen molar-refractivity contribution < 1.29 is 9.90 Å². The van der Waals surface area contributed by atoms with Gasteiger partial charge in [0.15, 0.2) is 0 Å². The van der Waals surface area contributed by atoms with Gasteiger partial charge in [0.2, 0.25) is 5.16 Å². The third-order valence-corrected chi connectivity index (χ3v) is 2.77. The first-order chi connectivity index (χ1) is 8.04. The van der Waals surface area contributed by atoms with Crippen LogP contribution in [0.5, 0.6) is 0 Å². The number of carboxylic acids is 1. The van der Waals surface area contributed by atoms with Crippen molar-refractivity contribution in [2.45, 2.75) is 17.1 Å². The van der Waals surface area contributed by atoms with Gasteiger partial charge in [-0.3, -0.25) is 5.10 Å². The fraction of sp³-hybridized carbons (Fsp3) is 0.111. The lowest BCUT2D eigenvalue weighted by Crippen LogP contribution is -1.97. The lowest BCUT2D eigenvalue weighted by Gasteiger charge is -2.00. The Hall–Kier alpha value is -1.60. The number of aromatic amines is 1. The van der Waals surface area contributed by atoms with Crippen LogP contribution in [0.2, 0.25) is 5.15 Å². The SMILES string of the molecule is Cc1nc(Sc2cc(C(=O)O)cc(Cl)n2)n[nH]1. The first kappa shape index (κ1) is 11.9. The molecule has 88 valence electrons. The first-order valence-electron chi connectivity index (χ1n) is 4.52. The van der Waals surface area contributed by atoms with Gasteiger partial charge in [-0.1, -0.05) is 11.6 Å². The van der Waals surface area contributed by atoms with Crippen molar-refractivity contribution in [3.63, 3.8) is 0 Å². The van der Waals surface area contributed by atoms with Gasteiger partial charge in [0.1, 0.15) is 16.0 Å². The van der Waals surface area contributed by atoms with E-state index in [1.807, 2.05) is 0 Å². The maximum Gasteiger partial charge on any atom is 0.335 e.